The molecule has 76 valence electrons. The van der Waals surface area contributed by atoms with Gasteiger partial charge in [-0.15, -0.1) is 18.3 Å². The summed E-state index contributed by atoms with van der Waals surface area (Å²) in [5.41, 5.74) is 1.03. The summed E-state index contributed by atoms with van der Waals surface area (Å²) < 4.78 is 0. The van der Waals surface area contributed by atoms with Crippen molar-refractivity contribution in [1.82, 2.24) is 0 Å². The van der Waals surface area contributed by atoms with Crippen molar-refractivity contribution in [3.63, 3.8) is 0 Å². The summed E-state index contributed by atoms with van der Waals surface area (Å²) in [6.45, 7) is 5.72. The third-order valence-electron chi connectivity index (χ3n) is 1.77. The molecule has 1 rings (SSSR count). The lowest BCUT2D eigenvalue weighted by Crippen LogP contribution is -2.09. The molecule has 1 aromatic rings. The summed E-state index contributed by atoms with van der Waals surface area (Å²) in [4.78, 5) is 1.20. The van der Waals surface area contributed by atoms with Crippen LogP contribution in [0.4, 0.5) is 0 Å². The number of hydrogen-bond acceptors (Lipinski definition) is 2. The molecular formula is C12H16OS. The van der Waals surface area contributed by atoms with Gasteiger partial charge in [-0.25, -0.2) is 0 Å². The number of hydrogen-bond donors (Lipinski definition) is 1. The summed E-state index contributed by atoms with van der Waals surface area (Å²) in [6, 6.07) is 10.1. The zero-order chi connectivity index (χ0) is 10.4. The summed E-state index contributed by atoms with van der Waals surface area (Å²) in [5.74, 6) is 0.733. The van der Waals surface area contributed by atoms with E-state index in [2.05, 4.69) is 18.7 Å². The summed E-state index contributed by atoms with van der Waals surface area (Å²) in [7, 11) is 0. The van der Waals surface area contributed by atoms with Gasteiger partial charge >= 0.3 is 0 Å². The van der Waals surface area contributed by atoms with Gasteiger partial charge in [-0.2, -0.15) is 0 Å². The van der Waals surface area contributed by atoms with E-state index < -0.39 is 0 Å². The van der Waals surface area contributed by atoms with Gasteiger partial charge in [0.15, 0.2) is 0 Å². The SMILES string of the molecule is C=C(C)CC(O)CSc1ccccc1. The van der Waals surface area contributed by atoms with Crippen molar-refractivity contribution < 1.29 is 5.11 Å². The molecule has 1 aromatic carbocycles. The second-order valence-corrected chi connectivity index (χ2v) is 4.53. The Kier molecular flexibility index (Phi) is 4.77. The van der Waals surface area contributed by atoms with E-state index in [4.69, 9.17) is 0 Å². The van der Waals surface area contributed by atoms with Crippen LogP contribution in [0.2, 0.25) is 0 Å². The molecule has 0 bridgehead atoms. The Morgan fingerprint density at radius 3 is 2.64 bits per heavy atom. The summed E-state index contributed by atoms with van der Waals surface area (Å²) >= 11 is 1.68. The van der Waals surface area contributed by atoms with Crippen LogP contribution in [-0.4, -0.2) is 17.0 Å². The lowest BCUT2D eigenvalue weighted by Gasteiger charge is -2.09. The van der Waals surface area contributed by atoms with Crippen molar-refractivity contribution >= 4 is 11.8 Å². The van der Waals surface area contributed by atoms with Crippen LogP contribution >= 0.6 is 11.8 Å². The molecule has 2 heteroatoms. The Balaban J connectivity index is 2.30. The van der Waals surface area contributed by atoms with E-state index in [0.29, 0.717) is 6.42 Å². The van der Waals surface area contributed by atoms with E-state index in [0.717, 1.165) is 11.3 Å². The molecule has 1 unspecified atom stereocenters. The Morgan fingerprint density at radius 2 is 2.07 bits per heavy atom. The van der Waals surface area contributed by atoms with Crippen LogP contribution in [0.1, 0.15) is 13.3 Å². The smallest absolute Gasteiger partial charge is 0.0670 e. The van der Waals surface area contributed by atoms with Crippen LogP contribution < -0.4 is 0 Å². The number of aliphatic hydroxyl groups is 1. The van der Waals surface area contributed by atoms with Crippen molar-refractivity contribution in [2.75, 3.05) is 5.75 Å². The van der Waals surface area contributed by atoms with E-state index in [1.165, 1.54) is 4.90 Å². The normalized spacial score (nSPS) is 12.4. The van der Waals surface area contributed by atoms with Gasteiger partial charge in [-0.1, -0.05) is 23.8 Å². The van der Waals surface area contributed by atoms with Gasteiger partial charge in [-0.05, 0) is 25.5 Å². The average Bonchev–Trinajstić information content (AvgIpc) is 2.15. The summed E-state index contributed by atoms with van der Waals surface area (Å²) in [5, 5.41) is 9.60. The molecule has 0 spiro atoms. The van der Waals surface area contributed by atoms with Crippen molar-refractivity contribution in [3.05, 3.63) is 42.5 Å². The highest BCUT2D eigenvalue weighted by Gasteiger charge is 2.04. The van der Waals surface area contributed by atoms with Gasteiger partial charge in [-0.3, -0.25) is 0 Å². The molecule has 1 atom stereocenters. The number of thioether (sulfide) groups is 1. The fraction of sp³-hybridized carbons (Fsp3) is 0.333. The van der Waals surface area contributed by atoms with Crippen LogP contribution in [0, 0.1) is 0 Å². The first-order valence-electron chi connectivity index (χ1n) is 4.69. The van der Waals surface area contributed by atoms with E-state index in [-0.39, 0.29) is 6.10 Å². The molecule has 1 nitrogen and oxygen atoms in total. The molecule has 0 saturated carbocycles. The maximum atomic E-state index is 9.60. The fourth-order valence-corrected chi connectivity index (χ4v) is 2.02. The molecule has 0 aliphatic carbocycles. The zero-order valence-electron chi connectivity index (χ0n) is 8.44. The second-order valence-electron chi connectivity index (χ2n) is 3.44. The molecule has 0 radical (unpaired) electrons. The van der Waals surface area contributed by atoms with E-state index >= 15 is 0 Å². The third-order valence-corrected chi connectivity index (χ3v) is 2.93. The standard InChI is InChI=1S/C12H16OS/c1-10(2)8-11(13)9-14-12-6-4-3-5-7-12/h3-7,11,13H,1,8-9H2,2H3. The van der Waals surface area contributed by atoms with Crippen molar-refractivity contribution in [3.8, 4) is 0 Å². The maximum absolute atomic E-state index is 9.60. The largest absolute Gasteiger partial charge is 0.392 e. The highest BCUT2D eigenvalue weighted by atomic mass is 32.2. The molecule has 0 heterocycles. The van der Waals surface area contributed by atoms with E-state index in [1.807, 2.05) is 25.1 Å². The highest BCUT2D eigenvalue weighted by Crippen LogP contribution is 2.19. The predicted octanol–water partition coefficient (Wildman–Crippen LogP) is 3.11. The van der Waals surface area contributed by atoms with Crippen LogP contribution in [0.3, 0.4) is 0 Å². The minimum Gasteiger partial charge on any atom is -0.392 e. The minimum absolute atomic E-state index is 0.280. The molecule has 0 aliphatic heterocycles. The Bertz CT molecular complexity index is 282. The lowest BCUT2D eigenvalue weighted by atomic mass is 10.2. The molecule has 0 aliphatic rings. The quantitative estimate of drug-likeness (QED) is 0.592. The molecule has 14 heavy (non-hydrogen) atoms. The maximum Gasteiger partial charge on any atom is 0.0670 e. The fourth-order valence-electron chi connectivity index (χ4n) is 1.17. The number of aliphatic hydroxyl groups excluding tert-OH is 1. The molecule has 0 saturated heterocycles. The Hall–Kier alpha value is -0.730. The monoisotopic (exact) mass is 208 g/mol. The second kappa shape index (κ2) is 5.89. The number of rotatable bonds is 5. The van der Waals surface area contributed by atoms with Crippen molar-refractivity contribution in [1.29, 1.82) is 0 Å². The molecule has 0 aromatic heterocycles. The van der Waals surface area contributed by atoms with Crippen LogP contribution in [0.15, 0.2) is 47.4 Å². The van der Waals surface area contributed by atoms with Crippen molar-refractivity contribution in [2.45, 2.75) is 24.3 Å². The topological polar surface area (TPSA) is 20.2 Å². The first-order chi connectivity index (χ1) is 6.68. The average molecular weight is 208 g/mol. The van der Waals surface area contributed by atoms with Crippen LogP contribution in [0.25, 0.3) is 0 Å². The van der Waals surface area contributed by atoms with E-state index in [1.54, 1.807) is 11.8 Å². The van der Waals surface area contributed by atoms with Crippen molar-refractivity contribution in [2.24, 2.45) is 0 Å². The first-order valence-corrected chi connectivity index (χ1v) is 5.67. The van der Waals surface area contributed by atoms with Gasteiger partial charge in [0.1, 0.15) is 0 Å². The minimum atomic E-state index is -0.280. The molecular weight excluding hydrogens is 192 g/mol. The van der Waals surface area contributed by atoms with Crippen LogP contribution in [-0.2, 0) is 0 Å². The van der Waals surface area contributed by atoms with Gasteiger partial charge < -0.3 is 5.11 Å². The summed E-state index contributed by atoms with van der Waals surface area (Å²) in [6.07, 6.45) is 0.414. The van der Waals surface area contributed by atoms with Gasteiger partial charge in [0.25, 0.3) is 0 Å². The van der Waals surface area contributed by atoms with E-state index in [9.17, 15) is 5.11 Å². The Labute approximate surface area is 89.8 Å². The highest BCUT2D eigenvalue weighted by molar-refractivity contribution is 7.99. The third kappa shape index (κ3) is 4.49. The number of benzene rings is 1. The van der Waals surface area contributed by atoms with Gasteiger partial charge in [0, 0.05) is 10.6 Å². The predicted molar refractivity (Wildman–Crippen MR) is 62.6 cm³/mol. The first kappa shape index (κ1) is 11.3. The molecule has 1 N–H and O–H groups in total. The van der Waals surface area contributed by atoms with Gasteiger partial charge in [0.05, 0.1) is 6.10 Å². The van der Waals surface area contributed by atoms with Crippen LogP contribution in [0.5, 0.6) is 0 Å². The zero-order valence-corrected chi connectivity index (χ0v) is 9.26. The Morgan fingerprint density at radius 1 is 1.43 bits per heavy atom. The van der Waals surface area contributed by atoms with Gasteiger partial charge in [0.2, 0.25) is 0 Å². The lowest BCUT2D eigenvalue weighted by molar-refractivity contribution is 0.200. The molecule has 0 amide bonds. The molecule has 0 fully saturated rings.